The van der Waals surface area contributed by atoms with Gasteiger partial charge in [-0.25, -0.2) is 8.42 Å². The summed E-state index contributed by atoms with van der Waals surface area (Å²) in [5.41, 5.74) is 0. The highest BCUT2D eigenvalue weighted by Gasteiger charge is 2.31. The fourth-order valence-corrected chi connectivity index (χ4v) is 4.50. The molecular formula is C15H23ClN2O3S. The second kappa shape index (κ2) is 7.17. The van der Waals surface area contributed by atoms with E-state index < -0.39 is 10.0 Å². The molecule has 1 saturated heterocycles. The predicted octanol–water partition coefficient (Wildman–Crippen LogP) is 2.31. The number of piperazine rings is 1. The zero-order chi connectivity index (χ0) is 16.3. The molecule has 0 aliphatic carbocycles. The molecule has 0 spiro atoms. The third-order valence-electron chi connectivity index (χ3n) is 3.70. The topological polar surface area (TPSA) is 49.9 Å². The van der Waals surface area contributed by atoms with Crippen molar-refractivity contribution in [1.82, 2.24) is 9.21 Å². The number of methoxy groups -OCH3 is 1. The number of ether oxygens (including phenoxy) is 1. The molecule has 2 rings (SSSR count). The van der Waals surface area contributed by atoms with Crippen LogP contribution in [0.3, 0.4) is 0 Å². The molecule has 0 atom stereocenters. The first kappa shape index (κ1) is 17.5. The summed E-state index contributed by atoms with van der Waals surface area (Å²) in [6.45, 7) is 7.81. The Hall–Kier alpha value is -0.820. The third-order valence-corrected chi connectivity index (χ3v) is 5.85. The van der Waals surface area contributed by atoms with Crippen molar-refractivity contribution in [2.24, 2.45) is 5.92 Å². The van der Waals surface area contributed by atoms with E-state index in [1.807, 2.05) is 0 Å². The molecule has 7 heteroatoms. The molecule has 0 aromatic heterocycles. The van der Waals surface area contributed by atoms with Crippen LogP contribution < -0.4 is 4.74 Å². The van der Waals surface area contributed by atoms with Gasteiger partial charge in [-0.3, -0.25) is 0 Å². The second-order valence-corrected chi connectivity index (χ2v) is 8.24. The number of nitrogens with zero attached hydrogens (tertiary/aromatic N) is 2. The minimum Gasteiger partial charge on any atom is -0.495 e. The van der Waals surface area contributed by atoms with Crippen molar-refractivity contribution >= 4 is 21.6 Å². The van der Waals surface area contributed by atoms with Crippen LogP contribution in [0.5, 0.6) is 5.75 Å². The van der Waals surface area contributed by atoms with Crippen LogP contribution in [0.15, 0.2) is 23.1 Å². The molecule has 1 heterocycles. The summed E-state index contributed by atoms with van der Waals surface area (Å²) >= 11 is 5.95. The van der Waals surface area contributed by atoms with Crippen molar-refractivity contribution in [2.75, 3.05) is 39.8 Å². The van der Waals surface area contributed by atoms with Crippen molar-refractivity contribution in [3.63, 3.8) is 0 Å². The molecule has 1 aliphatic heterocycles. The Morgan fingerprint density at radius 3 is 2.41 bits per heavy atom. The van der Waals surface area contributed by atoms with E-state index in [-0.39, 0.29) is 4.90 Å². The lowest BCUT2D eigenvalue weighted by Gasteiger charge is -2.34. The lowest BCUT2D eigenvalue weighted by molar-refractivity contribution is 0.172. The minimum absolute atomic E-state index is 0.139. The molecule has 0 unspecified atom stereocenters. The number of hydrogen-bond acceptors (Lipinski definition) is 4. The van der Waals surface area contributed by atoms with Gasteiger partial charge in [-0.05, 0) is 24.1 Å². The molecule has 1 aromatic carbocycles. The maximum absolute atomic E-state index is 12.8. The molecular weight excluding hydrogens is 324 g/mol. The van der Waals surface area contributed by atoms with Gasteiger partial charge in [-0.2, -0.15) is 4.31 Å². The number of sulfonamides is 1. The second-order valence-electron chi connectivity index (χ2n) is 5.89. The molecule has 0 radical (unpaired) electrons. The highest BCUT2D eigenvalue weighted by atomic mass is 35.5. The smallest absolute Gasteiger partial charge is 0.246 e. The minimum atomic E-state index is -3.58. The van der Waals surface area contributed by atoms with Crippen LogP contribution in [-0.4, -0.2) is 57.5 Å². The highest BCUT2D eigenvalue weighted by molar-refractivity contribution is 7.89. The fraction of sp³-hybridized carbons (Fsp3) is 0.600. The number of benzene rings is 1. The molecule has 1 aliphatic rings. The summed E-state index contributed by atoms with van der Waals surface area (Å²) < 4.78 is 32.3. The van der Waals surface area contributed by atoms with Gasteiger partial charge in [-0.15, -0.1) is 0 Å². The summed E-state index contributed by atoms with van der Waals surface area (Å²) in [5, 5.41) is 0.387. The fourth-order valence-electron chi connectivity index (χ4n) is 2.66. The summed E-state index contributed by atoms with van der Waals surface area (Å²) in [6, 6.07) is 4.67. The highest BCUT2D eigenvalue weighted by Crippen LogP contribution is 2.30. The Kier molecular flexibility index (Phi) is 5.71. The molecule has 5 nitrogen and oxygen atoms in total. The van der Waals surface area contributed by atoms with Gasteiger partial charge in [0.05, 0.1) is 7.11 Å². The van der Waals surface area contributed by atoms with Gasteiger partial charge in [-0.1, -0.05) is 25.4 Å². The first-order valence-corrected chi connectivity index (χ1v) is 9.22. The molecule has 124 valence electrons. The van der Waals surface area contributed by atoms with Gasteiger partial charge < -0.3 is 9.64 Å². The Balaban J connectivity index is 2.17. The Morgan fingerprint density at radius 1 is 1.23 bits per heavy atom. The zero-order valence-corrected chi connectivity index (χ0v) is 14.8. The first-order valence-electron chi connectivity index (χ1n) is 7.40. The quantitative estimate of drug-likeness (QED) is 0.821. The van der Waals surface area contributed by atoms with E-state index in [2.05, 4.69) is 18.7 Å². The molecule has 0 N–H and O–H groups in total. The van der Waals surface area contributed by atoms with Gasteiger partial charge in [0.15, 0.2) is 0 Å². The van der Waals surface area contributed by atoms with E-state index in [9.17, 15) is 8.42 Å². The number of rotatable bonds is 5. The molecule has 22 heavy (non-hydrogen) atoms. The van der Waals surface area contributed by atoms with E-state index in [1.54, 1.807) is 12.1 Å². The van der Waals surface area contributed by atoms with E-state index in [0.717, 1.165) is 19.6 Å². The Morgan fingerprint density at radius 2 is 1.86 bits per heavy atom. The number of hydrogen-bond donors (Lipinski definition) is 0. The normalized spacial score (nSPS) is 17.9. The maximum Gasteiger partial charge on any atom is 0.246 e. The van der Waals surface area contributed by atoms with Gasteiger partial charge in [0.2, 0.25) is 10.0 Å². The van der Waals surface area contributed by atoms with Crippen LogP contribution in [0.25, 0.3) is 0 Å². The van der Waals surface area contributed by atoms with Crippen LogP contribution in [-0.2, 0) is 10.0 Å². The van der Waals surface area contributed by atoms with Crippen molar-refractivity contribution < 1.29 is 13.2 Å². The maximum atomic E-state index is 12.8. The summed E-state index contributed by atoms with van der Waals surface area (Å²) in [5.74, 6) is 0.908. The van der Waals surface area contributed by atoms with Crippen LogP contribution in [0.1, 0.15) is 13.8 Å². The lowest BCUT2D eigenvalue weighted by Crippen LogP contribution is -2.49. The molecule has 1 fully saturated rings. The lowest BCUT2D eigenvalue weighted by atomic mass is 10.2. The van der Waals surface area contributed by atoms with Crippen LogP contribution >= 0.6 is 11.6 Å². The molecule has 0 saturated carbocycles. The van der Waals surface area contributed by atoms with Gasteiger partial charge in [0, 0.05) is 37.7 Å². The SMILES string of the molecule is COc1ccc(Cl)cc1S(=O)(=O)N1CCN(CC(C)C)CC1. The monoisotopic (exact) mass is 346 g/mol. The first-order chi connectivity index (χ1) is 10.3. The third kappa shape index (κ3) is 3.93. The molecule has 0 amide bonds. The summed E-state index contributed by atoms with van der Waals surface area (Å²) in [4.78, 5) is 2.44. The average molecular weight is 347 g/mol. The summed E-state index contributed by atoms with van der Waals surface area (Å²) in [7, 11) is -2.12. The van der Waals surface area contributed by atoms with E-state index >= 15 is 0 Å². The van der Waals surface area contributed by atoms with Crippen molar-refractivity contribution in [3.8, 4) is 5.75 Å². The van der Waals surface area contributed by atoms with Gasteiger partial charge in [0.25, 0.3) is 0 Å². The molecule has 0 bridgehead atoms. The Labute approximate surface area is 137 Å². The zero-order valence-electron chi connectivity index (χ0n) is 13.3. The van der Waals surface area contributed by atoms with E-state index in [4.69, 9.17) is 16.3 Å². The van der Waals surface area contributed by atoms with Crippen LogP contribution in [0.2, 0.25) is 5.02 Å². The van der Waals surface area contributed by atoms with Crippen LogP contribution in [0.4, 0.5) is 0 Å². The van der Waals surface area contributed by atoms with Crippen molar-refractivity contribution in [3.05, 3.63) is 23.2 Å². The van der Waals surface area contributed by atoms with Gasteiger partial charge >= 0.3 is 0 Å². The standard InChI is InChI=1S/C15H23ClN2O3S/c1-12(2)11-17-6-8-18(9-7-17)22(19,20)15-10-13(16)4-5-14(15)21-3/h4-5,10,12H,6-9,11H2,1-3H3. The largest absolute Gasteiger partial charge is 0.495 e. The molecule has 1 aromatic rings. The van der Waals surface area contributed by atoms with E-state index in [0.29, 0.717) is 29.8 Å². The van der Waals surface area contributed by atoms with Gasteiger partial charge in [0.1, 0.15) is 10.6 Å². The predicted molar refractivity (Wildman–Crippen MR) is 88.0 cm³/mol. The van der Waals surface area contributed by atoms with Crippen molar-refractivity contribution in [1.29, 1.82) is 0 Å². The Bertz CT molecular complexity index is 611. The van der Waals surface area contributed by atoms with Crippen molar-refractivity contribution in [2.45, 2.75) is 18.7 Å². The number of halogens is 1. The average Bonchev–Trinajstić information content (AvgIpc) is 2.47. The summed E-state index contributed by atoms with van der Waals surface area (Å²) in [6.07, 6.45) is 0. The van der Waals surface area contributed by atoms with Crippen LogP contribution in [0, 0.1) is 5.92 Å². The van der Waals surface area contributed by atoms with E-state index in [1.165, 1.54) is 17.5 Å².